The molecule has 1 amide bonds. The molecule has 0 saturated heterocycles. The van der Waals surface area contributed by atoms with Crippen molar-refractivity contribution < 1.29 is 23.8 Å². The molecule has 4 aromatic rings. The first-order chi connectivity index (χ1) is 17.1. The Kier molecular flexibility index (Phi) is 7.03. The largest absolute Gasteiger partial charge is 0.507 e. The first-order valence-electron chi connectivity index (χ1n) is 11.2. The highest BCUT2D eigenvalue weighted by atomic mass is 19.1. The lowest BCUT2D eigenvalue weighted by molar-refractivity contribution is -0.130. The Labute approximate surface area is 206 Å². The number of rotatable bonds is 7. The number of hydrogen-bond acceptors (Lipinski definition) is 6. The van der Waals surface area contributed by atoms with Crippen molar-refractivity contribution in [2.45, 2.75) is 32.4 Å². The molecule has 0 aliphatic heterocycles. The first kappa shape index (κ1) is 24.9. The fraction of sp³-hybridized carbons (Fsp3) is 0.185. The highest BCUT2D eigenvalue weighted by Crippen LogP contribution is 2.31. The van der Waals surface area contributed by atoms with E-state index in [1.807, 2.05) is 13.0 Å². The van der Waals surface area contributed by atoms with E-state index in [2.05, 4.69) is 15.3 Å². The van der Waals surface area contributed by atoms with Gasteiger partial charge in [-0.2, -0.15) is 0 Å². The summed E-state index contributed by atoms with van der Waals surface area (Å²) in [4.78, 5) is 21.3. The number of aromatic hydroxyl groups is 1. The maximum atomic E-state index is 14.6. The van der Waals surface area contributed by atoms with Crippen molar-refractivity contribution in [1.82, 2.24) is 15.3 Å². The summed E-state index contributed by atoms with van der Waals surface area (Å²) in [7, 11) is 0. The molecule has 0 radical (unpaired) electrons. The van der Waals surface area contributed by atoms with Gasteiger partial charge in [-0.25, -0.2) is 18.7 Å². The topological polar surface area (TPSA) is 119 Å². The van der Waals surface area contributed by atoms with Crippen molar-refractivity contribution >= 4 is 22.5 Å². The van der Waals surface area contributed by atoms with Crippen LogP contribution in [-0.2, 0) is 4.79 Å². The summed E-state index contributed by atoms with van der Waals surface area (Å²) in [5.41, 5.74) is 1.73. The molecule has 1 unspecified atom stereocenters. The van der Waals surface area contributed by atoms with Crippen LogP contribution in [0.4, 0.5) is 8.78 Å². The Bertz CT molecular complexity index is 1440. The Balaban J connectivity index is 1.61. The van der Waals surface area contributed by atoms with Gasteiger partial charge in [0, 0.05) is 17.8 Å². The van der Waals surface area contributed by atoms with E-state index in [0.29, 0.717) is 10.9 Å². The molecule has 7 nitrogen and oxygen atoms in total. The number of carbonyl (C=O) groups is 1. The molecule has 1 heterocycles. The van der Waals surface area contributed by atoms with Gasteiger partial charge in [0.15, 0.2) is 11.9 Å². The molecule has 9 heteroatoms. The van der Waals surface area contributed by atoms with E-state index < -0.39 is 29.7 Å². The van der Waals surface area contributed by atoms with Crippen LogP contribution in [0, 0.1) is 24.0 Å². The van der Waals surface area contributed by atoms with Gasteiger partial charge in [0.1, 0.15) is 17.4 Å². The zero-order valence-electron chi connectivity index (χ0n) is 19.6. The third-order valence-corrected chi connectivity index (χ3v) is 5.69. The number of hydrogen-bond donors (Lipinski definition) is 4. The normalized spacial score (nSPS) is 12.8. The summed E-state index contributed by atoms with van der Waals surface area (Å²) in [6.07, 6.45) is -1.45. The maximum Gasteiger partial charge on any atom is 0.253 e. The van der Waals surface area contributed by atoms with Gasteiger partial charge >= 0.3 is 0 Å². The van der Waals surface area contributed by atoms with E-state index >= 15 is 0 Å². The lowest BCUT2D eigenvalue weighted by Crippen LogP contribution is -2.37. The van der Waals surface area contributed by atoms with Gasteiger partial charge in [0.2, 0.25) is 0 Å². The first-order valence-corrected chi connectivity index (χ1v) is 11.2. The van der Waals surface area contributed by atoms with Crippen LogP contribution < -0.4 is 5.32 Å². The van der Waals surface area contributed by atoms with E-state index in [9.17, 15) is 23.8 Å². The smallest absolute Gasteiger partial charge is 0.253 e. The van der Waals surface area contributed by atoms with Crippen molar-refractivity contribution in [3.63, 3.8) is 0 Å². The van der Waals surface area contributed by atoms with E-state index in [4.69, 9.17) is 5.41 Å². The number of aliphatic hydroxyl groups excluding tert-OH is 1. The number of benzene rings is 3. The molecule has 4 N–H and O–H groups in total. The van der Waals surface area contributed by atoms with E-state index in [1.54, 1.807) is 19.1 Å². The Morgan fingerprint density at radius 1 is 1.08 bits per heavy atom. The number of halogens is 2. The van der Waals surface area contributed by atoms with Gasteiger partial charge in [0.05, 0.1) is 22.5 Å². The second-order valence-electron chi connectivity index (χ2n) is 8.60. The molecule has 0 spiro atoms. The van der Waals surface area contributed by atoms with Crippen LogP contribution in [0.5, 0.6) is 5.75 Å². The van der Waals surface area contributed by atoms with Gasteiger partial charge < -0.3 is 20.9 Å². The van der Waals surface area contributed by atoms with Gasteiger partial charge in [-0.05, 0) is 55.3 Å². The molecule has 4 rings (SSSR count). The number of phenols is 1. The zero-order chi connectivity index (χ0) is 26.0. The second kappa shape index (κ2) is 10.2. The SMILES string of the molecule is Cc1ccc2c(C(=N)C[C@@H](C)NC(=O)C(O)c3ccc(F)cc3)nc(-c3c(O)cccc3F)nc2c1. The average molecular weight is 491 g/mol. The minimum atomic E-state index is -1.50. The highest BCUT2D eigenvalue weighted by Gasteiger charge is 2.22. The number of phenolic OH excluding ortho intramolecular Hbond substituents is 1. The van der Waals surface area contributed by atoms with E-state index in [0.717, 1.165) is 17.7 Å². The number of aromatic nitrogens is 2. The van der Waals surface area contributed by atoms with E-state index in [1.165, 1.54) is 30.3 Å². The quantitative estimate of drug-likeness (QED) is 0.283. The summed E-state index contributed by atoms with van der Waals surface area (Å²) < 4.78 is 27.7. The predicted octanol–water partition coefficient (Wildman–Crippen LogP) is 4.59. The molecule has 36 heavy (non-hydrogen) atoms. The number of nitrogens with one attached hydrogen (secondary N) is 2. The number of aliphatic hydroxyl groups is 1. The number of carbonyl (C=O) groups excluding carboxylic acids is 1. The summed E-state index contributed by atoms with van der Waals surface area (Å²) in [5.74, 6) is -2.26. The molecule has 0 aliphatic carbocycles. The van der Waals surface area contributed by atoms with Crippen LogP contribution in [0.15, 0.2) is 60.7 Å². The van der Waals surface area contributed by atoms with Crippen LogP contribution >= 0.6 is 0 Å². The molecular formula is C27H24F2N4O3. The summed E-state index contributed by atoms with van der Waals surface area (Å²) in [5, 5.41) is 32.4. The van der Waals surface area contributed by atoms with Crippen molar-refractivity contribution in [1.29, 1.82) is 5.41 Å². The molecular weight excluding hydrogens is 466 g/mol. The summed E-state index contributed by atoms with van der Waals surface area (Å²) in [6.45, 7) is 3.54. The van der Waals surface area contributed by atoms with Crippen molar-refractivity contribution in [3.05, 3.63) is 89.1 Å². The molecule has 3 aromatic carbocycles. The predicted molar refractivity (Wildman–Crippen MR) is 132 cm³/mol. The Morgan fingerprint density at radius 2 is 1.81 bits per heavy atom. The molecule has 0 fully saturated rings. The molecule has 1 aromatic heterocycles. The van der Waals surface area contributed by atoms with Crippen LogP contribution in [0.2, 0.25) is 0 Å². The number of fused-ring (bicyclic) bond motifs is 1. The number of amides is 1. The molecule has 0 saturated carbocycles. The van der Waals surface area contributed by atoms with Crippen LogP contribution in [0.1, 0.15) is 36.3 Å². The Morgan fingerprint density at radius 3 is 2.50 bits per heavy atom. The average Bonchev–Trinajstić information content (AvgIpc) is 2.83. The monoisotopic (exact) mass is 490 g/mol. The van der Waals surface area contributed by atoms with E-state index in [-0.39, 0.29) is 40.5 Å². The molecule has 184 valence electrons. The van der Waals surface area contributed by atoms with Crippen LogP contribution in [0.25, 0.3) is 22.3 Å². The minimum Gasteiger partial charge on any atom is -0.507 e. The fourth-order valence-corrected chi connectivity index (χ4v) is 3.89. The van der Waals surface area contributed by atoms with Crippen LogP contribution in [-0.4, -0.2) is 37.8 Å². The third-order valence-electron chi connectivity index (χ3n) is 5.69. The lowest BCUT2D eigenvalue weighted by Gasteiger charge is -2.18. The van der Waals surface area contributed by atoms with Crippen molar-refractivity contribution in [2.24, 2.45) is 0 Å². The number of nitrogens with zero attached hydrogens (tertiary/aromatic N) is 2. The van der Waals surface area contributed by atoms with Crippen LogP contribution in [0.3, 0.4) is 0 Å². The summed E-state index contributed by atoms with van der Waals surface area (Å²) >= 11 is 0. The summed E-state index contributed by atoms with van der Waals surface area (Å²) in [6, 6.07) is 13.6. The molecule has 2 atom stereocenters. The van der Waals surface area contributed by atoms with Crippen molar-refractivity contribution in [2.75, 3.05) is 0 Å². The van der Waals surface area contributed by atoms with Gasteiger partial charge in [-0.15, -0.1) is 0 Å². The minimum absolute atomic E-state index is 0.0462. The standard InChI is InChI=1S/C27H24F2N4O3/c1-14-6-11-18-21(12-14)32-26(23-19(29)4-3-5-22(23)34)33-24(18)20(30)13-15(2)31-27(36)25(35)16-7-9-17(28)10-8-16/h3-12,15,25,30,34-35H,13H2,1-2H3,(H,31,36)/t15-,25?/m1/s1. The second-order valence-corrected chi connectivity index (χ2v) is 8.60. The molecule has 0 aliphatic rings. The van der Waals surface area contributed by atoms with Gasteiger partial charge in [0.25, 0.3) is 5.91 Å². The highest BCUT2D eigenvalue weighted by molar-refractivity contribution is 6.08. The van der Waals surface area contributed by atoms with Gasteiger partial charge in [-0.3, -0.25) is 4.79 Å². The number of aryl methyl sites for hydroxylation is 1. The molecule has 0 bridgehead atoms. The Hall–Kier alpha value is -4.24. The lowest BCUT2D eigenvalue weighted by atomic mass is 10.0. The zero-order valence-corrected chi connectivity index (χ0v) is 19.6. The van der Waals surface area contributed by atoms with Crippen molar-refractivity contribution in [3.8, 4) is 17.1 Å². The fourth-order valence-electron chi connectivity index (χ4n) is 3.89. The third kappa shape index (κ3) is 5.21. The maximum absolute atomic E-state index is 14.6. The van der Waals surface area contributed by atoms with Gasteiger partial charge in [-0.1, -0.05) is 30.3 Å².